The Kier molecular flexibility index (Phi) is 10.5. The number of hydrogen-bond donors (Lipinski definition) is 3. The number of urea groups is 1. The average Bonchev–Trinajstić information content (AvgIpc) is 2.89. The predicted molar refractivity (Wildman–Crippen MR) is 146 cm³/mol. The third-order valence-electron chi connectivity index (χ3n) is 8.00. The molecule has 0 saturated heterocycles. The summed E-state index contributed by atoms with van der Waals surface area (Å²) in [6.45, 7) is 6.01. The summed E-state index contributed by atoms with van der Waals surface area (Å²) in [5.74, 6) is 0.248. The highest BCUT2D eigenvalue weighted by Gasteiger charge is 2.42. The maximum Gasteiger partial charge on any atom is 0.318 e. The van der Waals surface area contributed by atoms with Crippen molar-refractivity contribution in [3.63, 3.8) is 0 Å². The molecule has 4 N–H and O–H groups in total. The smallest absolute Gasteiger partial charge is 0.318 e. The van der Waals surface area contributed by atoms with Crippen LogP contribution >= 0.6 is 0 Å². The van der Waals surface area contributed by atoms with E-state index in [0.717, 1.165) is 44.5 Å². The van der Waals surface area contributed by atoms with Crippen molar-refractivity contribution >= 4 is 11.9 Å². The van der Waals surface area contributed by atoms with Gasteiger partial charge in [-0.3, -0.25) is 15.0 Å². The number of carbonyl (C=O) groups is 2. The number of imide groups is 1. The number of benzene rings is 2. The number of nitrogens with zero attached hydrogens (tertiary/aromatic N) is 1. The summed E-state index contributed by atoms with van der Waals surface area (Å²) in [4.78, 5) is 25.7. The van der Waals surface area contributed by atoms with Gasteiger partial charge in [-0.15, -0.1) is 0 Å². The van der Waals surface area contributed by atoms with E-state index in [9.17, 15) is 14.7 Å². The molecule has 0 aromatic heterocycles. The molecule has 7 heteroatoms. The second kappa shape index (κ2) is 13.6. The first-order valence-corrected chi connectivity index (χ1v) is 13.5. The number of rotatable bonds is 12. The zero-order valence-electron chi connectivity index (χ0n) is 22.5. The molecule has 7 nitrogen and oxygen atoms in total. The number of aryl methyl sites for hydroxylation is 3. The largest absolute Gasteiger partial charge is 0.497 e. The summed E-state index contributed by atoms with van der Waals surface area (Å²) in [6, 6.07) is 15.8. The van der Waals surface area contributed by atoms with E-state index in [1.54, 1.807) is 7.11 Å². The van der Waals surface area contributed by atoms with E-state index in [2.05, 4.69) is 60.5 Å². The molecule has 37 heavy (non-hydrogen) atoms. The summed E-state index contributed by atoms with van der Waals surface area (Å²) < 4.78 is 5.41. The van der Waals surface area contributed by atoms with E-state index in [0.29, 0.717) is 25.7 Å². The fraction of sp³-hybridized carbons (Fsp3) is 0.533. The lowest BCUT2D eigenvalue weighted by Crippen LogP contribution is -2.54. The number of nitrogens with two attached hydrogens (primary N) is 1. The van der Waals surface area contributed by atoms with Crippen molar-refractivity contribution < 1.29 is 19.4 Å². The van der Waals surface area contributed by atoms with Gasteiger partial charge >= 0.3 is 6.03 Å². The summed E-state index contributed by atoms with van der Waals surface area (Å²) >= 11 is 0. The first kappa shape index (κ1) is 28.7. The molecule has 3 amide bonds. The Morgan fingerprint density at radius 1 is 1.11 bits per heavy atom. The Hall–Kier alpha value is -2.90. The quantitative estimate of drug-likeness (QED) is 0.394. The van der Waals surface area contributed by atoms with Crippen LogP contribution in [0, 0.1) is 12.8 Å². The fourth-order valence-electron chi connectivity index (χ4n) is 5.51. The van der Waals surface area contributed by atoms with Crippen LogP contribution in [0.15, 0.2) is 48.5 Å². The van der Waals surface area contributed by atoms with Crippen LogP contribution in [0.4, 0.5) is 4.79 Å². The molecule has 1 aliphatic rings. The minimum atomic E-state index is -0.873. The molecule has 0 spiro atoms. The molecule has 1 saturated carbocycles. The van der Waals surface area contributed by atoms with Gasteiger partial charge in [0.2, 0.25) is 5.91 Å². The minimum absolute atomic E-state index is 0.0465. The summed E-state index contributed by atoms with van der Waals surface area (Å²) in [5.41, 5.74) is 8.11. The second-order valence-corrected chi connectivity index (χ2v) is 10.4. The number of primary amides is 1. The van der Waals surface area contributed by atoms with E-state index < -0.39 is 11.6 Å². The molecule has 1 fully saturated rings. The Morgan fingerprint density at radius 2 is 1.76 bits per heavy atom. The topological polar surface area (TPSA) is 105 Å². The van der Waals surface area contributed by atoms with Gasteiger partial charge in [0, 0.05) is 12.0 Å². The third-order valence-corrected chi connectivity index (χ3v) is 8.00. The molecule has 1 atom stereocenters. The van der Waals surface area contributed by atoms with E-state index in [4.69, 9.17) is 10.5 Å². The van der Waals surface area contributed by atoms with E-state index in [1.165, 1.54) is 16.7 Å². The van der Waals surface area contributed by atoms with Crippen molar-refractivity contribution in [3.05, 3.63) is 65.2 Å². The molecular formula is C30H43N3O4. The fourth-order valence-corrected chi connectivity index (χ4v) is 5.51. The lowest BCUT2D eigenvalue weighted by atomic mass is 9.74. The van der Waals surface area contributed by atoms with Crippen LogP contribution in [-0.2, 0) is 17.6 Å². The minimum Gasteiger partial charge on any atom is -0.497 e. The van der Waals surface area contributed by atoms with Crippen LogP contribution in [0.1, 0.15) is 62.1 Å². The summed E-state index contributed by atoms with van der Waals surface area (Å²) in [5, 5.41) is 13.8. The first-order valence-electron chi connectivity index (χ1n) is 13.5. The first-order chi connectivity index (χ1) is 17.7. The zero-order valence-corrected chi connectivity index (χ0v) is 22.5. The van der Waals surface area contributed by atoms with Crippen LogP contribution in [0.5, 0.6) is 5.75 Å². The lowest BCUT2D eigenvalue weighted by Gasteiger charge is -2.45. The molecule has 2 aromatic rings. The molecule has 0 heterocycles. The number of hydrogen-bond acceptors (Lipinski definition) is 5. The summed E-state index contributed by atoms with van der Waals surface area (Å²) in [7, 11) is 1.69. The van der Waals surface area contributed by atoms with Crippen LogP contribution in [0.25, 0.3) is 0 Å². The van der Waals surface area contributed by atoms with Crippen molar-refractivity contribution in [2.75, 3.05) is 20.2 Å². The van der Waals surface area contributed by atoms with Crippen molar-refractivity contribution in [1.29, 1.82) is 0 Å². The highest BCUT2D eigenvalue weighted by Crippen LogP contribution is 2.36. The number of carbonyl (C=O) groups excluding carboxylic acids is 2. The second-order valence-electron chi connectivity index (χ2n) is 10.4. The van der Waals surface area contributed by atoms with Gasteiger partial charge in [0.25, 0.3) is 0 Å². The normalized spacial score (nSPS) is 20.4. The predicted octanol–water partition coefficient (Wildman–Crippen LogP) is 4.38. The Bertz CT molecular complexity index is 1020. The Balaban J connectivity index is 1.63. The van der Waals surface area contributed by atoms with Gasteiger partial charge in [-0.2, -0.15) is 0 Å². The van der Waals surface area contributed by atoms with E-state index in [1.807, 2.05) is 12.1 Å². The third kappa shape index (κ3) is 8.30. The molecule has 2 aromatic carbocycles. The van der Waals surface area contributed by atoms with Gasteiger partial charge in [0.15, 0.2) is 0 Å². The van der Waals surface area contributed by atoms with Gasteiger partial charge in [-0.1, -0.05) is 36.4 Å². The summed E-state index contributed by atoms with van der Waals surface area (Å²) in [6.07, 6.45) is 6.05. The number of amides is 3. The van der Waals surface area contributed by atoms with Gasteiger partial charge in [0.1, 0.15) is 5.75 Å². The van der Waals surface area contributed by atoms with Gasteiger partial charge < -0.3 is 15.6 Å². The molecule has 1 unspecified atom stereocenters. The molecule has 3 rings (SSSR count). The van der Waals surface area contributed by atoms with E-state index >= 15 is 0 Å². The van der Waals surface area contributed by atoms with Gasteiger partial charge in [-0.25, -0.2) is 4.79 Å². The monoisotopic (exact) mass is 509 g/mol. The Morgan fingerprint density at radius 3 is 2.38 bits per heavy atom. The maximum atomic E-state index is 12.2. The standard InChI is InChI=1S/C30H43N3O4/c1-22-13-14-27(37-3)21-26(22)12-8-20-33(19-7-11-24-9-5-4-6-10-24)23(2)30(36)17-15-25(16-18-30)28(34)32-29(31)35/h4-6,9-10,13-14,21,23,25,36H,7-8,11-12,15-20H2,1-3H3,(H3,31,32,34,35). The molecule has 202 valence electrons. The number of ether oxygens (including phenoxy) is 1. The molecule has 0 aliphatic heterocycles. The van der Waals surface area contributed by atoms with Gasteiger partial charge in [0.05, 0.1) is 12.7 Å². The lowest BCUT2D eigenvalue weighted by molar-refractivity contribution is -0.128. The van der Waals surface area contributed by atoms with Crippen LogP contribution in [0.2, 0.25) is 0 Å². The molecule has 0 bridgehead atoms. The SMILES string of the molecule is COc1ccc(C)c(CCCN(CCCc2ccccc2)C(C)C2(O)CCC(C(=O)NC(N)=O)CC2)c1. The zero-order chi connectivity index (χ0) is 26.8. The highest BCUT2D eigenvalue weighted by molar-refractivity contribution is 5.94. The molecular weight excluding hydrogens is 466 g/mol. The number of methoxy groups -OCH3 is 1. The highest BCUT2D eigenvalue weighted by atomic mass is 16.5. The van der Waals surface area contributed by atoms with E-state index in [-0.39, 0.29) is 17.9 Å². The maximum absolute atomic E-state index is 12.2. The van der Waals surface area contributed by atoms with Crippen molar-refractivity contribution in [3.8, 4) is 5.75 Å². The molecule has 1 aliphatic carbocycles. The molecule has 0 radical (unpaired) electrons. The Labute approximate surface area is 221 Å². The van der Waals surface area contributed by atoms with Crippen LogP contribution in [-0.4, -0.2) is 53.8 Å². The average molecular weight is 510 g/mol. The number of nitrogens with one attached hydrogen (secondary N) is 1. The van der Waals surface area contributed by atoms with Crippen LogP contribution in [0.3, 0.4) is 0 Å². The van der Waals surface area contributed by atoms with Crippen LogP contribution < -0.4 is 15.8 Å². The van der Waals surface area contributed by atoms with Crippen molar-refractivity contribution in [1.82, 2.24) is 10.2 Å². The number of aliphatic hydroxyl groups is 1. The van der Waals surface area contributed by atoms with Crippen molar-refractivity contribution in [2.24, 2.45) is 11.7 Å². The van der Waals surface area contributed by atoms with Gasteiger partial charge in [-0.05, 0) is 107 Å². The van der Waals surface area contributed by atoms with Crippen molar-refractivity contribution in [2.45, 2.75) is 76.9 Å².